The van der Waals surface area contributed by atoms with Crippen LogP contribution in [-0.2, 0) is 32.2 Å². The summed E-state index contributed by atoms with van der Waals surface area (Å²) in [5.74, 6) is -0.618. The minimum absolute atomic E-state index is 0.0281. The van der Waals surface area contributed by atoms with Crippen molar-refractivity contribution in [2.75, 3.05) is 26.7 Å². The predicted molar refractivity (Wildman–Crippen MR) is 155 cm³/mol. The van der Waals surface area contributed by atoms with Gasteiger partial charge in [-0.25, -0.2) is 8.42 Å². The lowest BCUT2D eigenvalue weighted by Gasteiger charge is -2.37. The smallest absolute Gasteiger partial charge is 0.342 e. The fourth-order valence-electron chi connectivity index (χ4n) is 4.94. The highest BCUT2D eigenvalue weighted by molar-refractivity contribution is 7.89. The summed E-state index contributed by atoms with van der Waals surface area (Å²) in [7, 11) is -2.55. The number of amides is 2. The van der Waals surface area contributed by atoms with Crippen LogP contribution in [0.5, 0.6) is 0 Å². The van der Waals surface area contributed by atoms with E-state index in [9.17, 15) is 31.2 Å². The van der Waals surface area contributed by atoms with E-state index in [1.807, 2.05) is 51.1 Å². The third-order valence-electron chi connectivity index (χ3n) is 7.61. The van der Waals surface area contributed by atoms with E-state index in [2.05, 4.69) is 10.6 Å². The lowest BCUT2D eigenvalue weighted by Crippen LogP contribution is -2.59. The highest BCUT2D eigenvalue weighted by Gasteiger charge is 2.41. The lowest BCUT2D eigenvalue weighted by atomic mass is 9.85. The Labute approximate surface area is 246 Å². The van der Waals surface area contributed by atoms with Crippen molar-refractivity contribution in [3.8, 4) is 0 Å². The molecular weight excluding hydrogens is 569 g/mol. The molecule has 2 aromatic carbocycles. The van der Waals surface area contributed by atoms with Crippen molar-refractivity contribution in [3.63, 3.8) is 0 Å². The number of carbonyl (C=O) groups is 2. The molecule has 42 heavy (non-hydrogen) atoms. The third kappa shape index (κ3) is 8.32. The number of sulfonamides is 1. The van der Waals surface area contributed by atoms with Gasteiger partial charge in [-0.2, -0.15) is 17.5 Å². The van der Waals surface area contributed by atoms with Gasteiger partial charge in [0.2, 0.25) is 21.8 Å². The van der Waals surface area contributed by atoms with Crippen molar-refractivity contribution in [2.24, 2.45) is 5.41 Å². The number of hydrogen-bond donors (Lipinski definition) is 2. The summed E-state index contributed by atoms with van der Waals surface area (Å²) in [5.41, 5.74) is -0.654. The predicted octanol–water partition coefficient (Wildman–Crippen LogP) is 4.07. The summed E-state index contributed by atoms with van der Waals surface area (Å²) in [5, 5.41) is 5.73. The van der Waals surface area contributed by atoms with Gasteiger partial charge >= 0.3 is 6.18 Å². The molecule has 0 saturated carbocycles. The maximum atomic E-state index is 13.9. The lowest BCUT2D eigenvalue weighted by molar-refractivity contribution is -0.140. The average molecular weight is 611 g/mol. The monoisotopic (exact) mass is 610 g/mol. The summed E-state index contributed by atoms with van der Waals surface area (Å²) in [6.07, 6.45) is -3.01. The molecule has 8 nitrogen and oxygen atoms in total. The van der Waals surface area contributed by atoms with Crippen LogP contribution in [0.15, 0.2) is 59.5 Å². The second-order valence-electron chi connectivity index (χ2n) is 11.8. The quantitative estimate of drug-likeness (QED) is 0.400. The van der Waals surface area contributed by atoms with Gasteiger partial charge in [0.05, 0.1) is 16.5 Å². The fourth-order valence-corrected chi connectivity index (χ4v) is 6.41. The Bertz CT molecular complexity index is 1310. The molecule has 1 aliphatic rings. The molecule has 3 atom stereocenters. The van der Waals surface area contributed by atoms with Crippen LogP contribution in [0.2, 0.25) is 0 Å². The number of nitrogens with one attached hydrogen (secondary N) is 2. The Morgan fingerprint density at radius 1 is 1.05 bits per heavy atom. The SMILES string of the molecule is CN[C@@H](C)C(=O)N[C@H](C(=O)N1CCC[C@H]1CN(CCc1ccccc1)S(=O)(=O)c1ccc(C(F)(F)F)cc1)C(C)(C)C. The van der Waals surface area contributed by atoms with Gasteiger partial charge in [0, 0.05) is 25.7 Å². The second kappa shape index (κ2) is 13.6. The summed E-state index contributed by atoms with van der Waals surface area (Å²) in [4.78, 5) is 28.0. The number of rotatable bonds is 11. The van der Waals surface area contributed by atoms with Crippen LogP contribution in [-0.4, -0.2) is 74.2 Å². The first-order chi connectivity index (χ1) is 19.6. The van der Waals surface area contributed by atoms with Gasteiger partial charge in [-0.15, -0.1) is 0 Å². The van der Waals surface area contributed by atoms with E-state index in [4.69, 9.17) is 0 Å². The number of likely N-dealkylation sites (N-methyl/N-ethyl adjacent to an activating group) is 1. The number of carbonyl (C=O) groups excluding carboxylic acids is 2. The van der Waals surface area contributed by atoms with Crippen molar-refractivity contribution in [1.29, 1.82) is 0 Å². The maximum Gasteiger partial charge on any atom is 0.416 e. The van der Waals surface area contributed by atoms with E-state index in [1.165, 1.54) is 4.31 Å². The molecular formula is C30H41F3N4O4S. The molecule has 0 aliphatic carbocycles. The van der Waals surface area contributed by atoms with Crippen LogP contribution in [0, 0.1) is 5.41 Å². The van der Waals surface area contributed by atoms with Gasteiger partial charge in [0.15, 0.2) is 0 Å². The molecule has 0 radical (unpaired) electrons. The van der Waals surface area contributed by atoms with E-state index in [0.29, 0.717) is 25.8 Å². The molecule has 1 heterocycles. The number of likely N-dealkylation sites (tertiary alicyclic amines) is 1. The van der Waals surface area contributed by atoms with Crippen molar-refractivity contribution < 1.29 is 31.2 Å². The molecule has 1 aliphatic heterocycles. The molecule has 0 aromatic heterocycles. The zero-order valence-corrected chi connectivity index (χ0v) is 25.6. The minimum atomic E-state index is -4.59. The molecule has 2 amide bonds. The molecule has 12 heteroatoms. The Kier molecular flexibility index (Phi) is 10.8. The molecule has 0 bridgehead atoms. The van der Waals surface area contributed by atoms with E-state index in [0.717, 1.165) is 29.8 Å². The van der Waals surface area contributed by atoms with Gasteiger partial charge in [-0.05, 0) is 68.5 Å². The van der Waals surface area contributed by atoms with Crippen LogP contribution in [0.25, 0.3) is 0 Å². The molecule has 0 unspecified atom stereocenters. The van der Waals surface area contributed by atoms with Crippen LogP contribution < -0.4 is 10.6 Å². The Hall–Kier alpha value is -2.96. The number of halogens is 3. The van der Waals surface area contributed by atoms with E-state index in [-0.39, 0.29) is 29.8 Å². The van der Waals surface area contributed by atoms with Crippen LogP contribution in [0.1, 0.15) is 51.7 Å². The van der Waals surface area contributed by atoms with Crippen molar-refractivity contribution in [1.82, 2.24) is 19.8 Å². The van der Waals surface area contributed by atoms with E-state index in [1.54, 1.807) is 18.9 Å². The standard InChI is InChI=1S/C30H41F3N4O4S/c1-21(34-5)27(38)35-26(29(2,3)4)28(39)37-18-9-12-24(37)20-36(19-17-22-10-7-6-8-11-22)42(40,41)25-15-13-23(14-16-25)30(31,32)33/h6-8,10-11,13-16,21,24,26,34H,9,12,17-20H2,1-5H3,(H,35,38)/t21-,24-,26+/m0/s1. The van der Waals surface area contributed by atoms with E-state index < -0.39 is 45.3 Å². The number of benzene rings is 2. The summed E-state index contributed by atoms with van der Waals surface area (Å²) < 4.78 is 68.3. The van der Waals surface area contributed by atoms with Crippen LogP contribution in [0.4, 0.5) is 13.2 Å². The first-order valence-electron chi connectivity index (χ1n) is 14.0. The highest BCUT2D eigenvalue weighted by atomic mass is 32.2. The molecule has 0 spiro atoms. The molecule has 1 saturated heterocycles. The molecule has 2 N–H and O–H groups in total. The maximum absolute atomic E-state index is 13.9. The molecule has 3 rings (SSSR count). The normalized spacial score (nSPS) is 17.7. The molecule has 232 valence electrons. The fraction of sp³-hybridized carbons (Fsp3) is 0.533. The van der Waals surface area contributed by atoms with Gasteiger partial charge in [0.1, 0.15) is 6.04 Å². The first kappa shape index (κ1) is 33.5. The zero-order valence-electron chi connectivity index (χ0n) is 24.7. The van der Waals surface area contributed by atoms with Crippen molar-refractivity contribution in [2.45, 2.75) is 76.2 Å². The van der Waals surface area contributed by atoms with Gasteiger partial charge in [0.25, 0.3) is 0 Å². The van der Waals surface area contributed by atoms with Crippen molar-refractivity contribution in [3.05, 3.63) is 65.7 Å². The Morgan fingerprint density at radius 3 is 2.21 bits per heavy atom. The third-order valence-corrected chi connectivity index (χ3v) is 9.49. The zero-order chi connectivity index (χ0) is 31.3. The van der Waals surface area contributed by atoms with Crippen LogP contribution >= 0.6 is 0 Å². The van der Waals surface area contributed by atoms with Gasteiger partial charge in [-0.3, -0.25) is 9.59 Å². The Balaban J connectivity index is 1.90. The molecule has 1 fully saturated rings. The van der Waals surface area contributed by atoms with Crippen molar-refractivity contribution >= 4 is 21.8 Å². The summed E-state index contributed by atoms with van der Waals surface area (Å²) >= 11 is 0. The molecule has 2 aromatic rings. The van der Waals surface area contributed by atoms with Gasteiger partial charge < -0.3 is 15.5 Å². The number of nitrogens with zero attached hydrogens (tertiary/aromatic N) is 2. The minimum Gasteiger partial charge on any atom is -0.342 e. The summed E-state index contributed by atoms with van der Waals surface area (Å²) in [6.45, 7) is 7.70. The van der Waals surface area contributed by atoms with Gasteiger partial charge in [-0.1, -0.05) is 51.1 Å². The number of alkyl halides is 3. The average Bonchev–Trinajstić information content (AvgIpc) is 3.40. The first-order valence-corrected chi connectivity index (χ1v) is 15.5. The second-order valence-corrected chi connectivity index (χ2v) is 13.7. The van der Waals surface area contributed by atoms with E-state index >= 15 is 0 Å². The largest absolute Gasteiger partial charge is 0.416 e. The summed E-state index contributed by atoms with van der Waals surface area (Å²) in [6, 6.07) is 10.9. The number of hydrogen-bond acceptors (Lipinski definition) is 5. The topological polar surface area (TPSA) is 98.8 Å². The highest BCUT2D eigenvalue weighted by Crippen LogP contribution is 2.31. The Morgan fingerprint density at radius 2 is 1.67 bits per heavy atom. The van der Waals surface area contributed by atoms with Crippen LogP contribution in [0.3, 0.4) is 0 Å².